The predicted molar refractivity (Wildman–Crippen MR) is 115 cm³/mol. The van der Waals surface area contributed by atoms with Crippen LogP contribution in [0.1, 0.15) is 115 Å². The Morgan fingerprint density at radius 3 is 2.07 bits per heavy atom. The summed E-state index contributed by atoms with van der Waals surface area (Å²) in [6.45, 7) is 8.52. The zero-order valence-electron chi connectivity index (χ0n) is 18.1. The van der Waals surface area contributed by atoms with Crippen LogP contribution in [0.25, 0.3) is 0 Å². The van der Waals surface area contributed by atoms with Gasteiger partial charge in [0.25, 0.3) is 0 Å². The van der Waals surface area contributed by atoms with E-state index >= 15 is 0 Å². The molecule has 0 amide bonds. The number of unbranched alkanes of at least 4 members (excludes halogenated alkanes) is 5. The van der Waals surface area contributed by atoms with Crippen LogP contribution in [0.5, 0.6) is 0 Å². The van der Waals surface area contributed by atoms with Crippen LogP contribution in [0, 0.1) is 5.92 Å². The van der Waals surface area contributed by atoms with Gasteiger partial charge >= 0.3 is 0 Å². The highest BCUT2D eigenvalue weighted by molar-refractivity contribution is 5.26. The second kappa shape index (κ2) is 13.3. The number of rotatable bonds is 13. The van der Waals surface area contributed by atoms with Crippen molar-refractivity contribution in [2.45, 2.75) is 104 Å². The summed E-state index contributed by atoms with van der Waals surface area (Å²) in [6.07, 6.45) is 14.2. The Bertz CT molecular complexity index is 474. The quantitative estimate of drug-likeness (QED) is 0.328. The van der Waals surface area contributed by atoms with E-state index in [4.69, 9.17) is 9.47 Å². The lowest BCUT2D eigenvalue weighted by atomic mass is 9.89. The van der Waals surface area contributed by atoms with Crippen LogP contribution in [0.2, 0.25) is 0 Å². The maximum atomic E-state index is 6.05. The van der Waals surface area contributed by atoms with Crippen LogP contribution in [0.3, 0.4) is 0 Å². The molecule has 0 N–H and O–H groups in total. The molecule has 1 heterocycles. The van der Waals surface area contributed by atoms with Crippen LogP contribution in [0.4, 0.5) is 0 Å². The summed E-state index contributed by atoms with van der Waals surface area (Å²) >= 11 is 0. The van der Waals surface area contributed by atoms with Gasteiger partial charge in [0.1, 0.15) is 0 Å². The average molecular weight is 375 g/mol. The molecule has 1 aromatic carbocycles. The van der Waals surface area contributed by atoms with Gasteiger partial charge in [0.2, 0.25) is 0 Å². The number of benzene rings is 1. The molecule has 0 bridgehead atoms. The van der Waals surface area contributed by atoms with Crippen molar-refractivity contribution in [3.05, 3.63) is 35.4 Å². The minimum absolute atomic E-state index is 0.171. The van der Waals surface area contributed by atoms with Crippen molar-refractivity contribution in [2.24, 2.45) is 5.92 Å². The summed E-state index contributed by atoms with van der Waals surface area (Å²) in [6, 6.07) is 9.05. The van der Waals surface area contributed by atoms with E-state index in [2.05, 4.69) is 45.0 Å². The molecule has 1 fully saturated rings. The Hall–Kier alpha value is -0.860. The fraction of sp³-hybridized carbons (Fsp3) is 0.760. The molecule has 0 saturated carbocycles. The van der Waals surface area contributed by atoms with E-state index in [0.717, 1.165) is 13.2 Å². The highest BCUT2D eigenvalue weighted by atomic mass is 16.7. The standard InChI is InChI=1S/C25H42O2/c1-4-7-9-10-11-13-21-19-26-25(27-20-21)24-17-15-23(16-18-24)22(12-6-3)14-8-5-2/h15-18,21-22,25H,4-14,19-20H2,1-3H3. The largest absolute Gasteiger partial charge is 0.348 e. The summed E-state index contributed by atoms with van der Waals surface area (Å²) in [7, 11) is 0. The average Bonchev–Trinajstić information content (AvgIpc) is 2.72. The van der Waals surface area contributed by atoms with E-state index in [1.165, 1.54) is 81.8 Å². The topological polar surface area (TPSA) is 18.5 Å². The van der Waals surface area contributed by atoms with E-state index in [-0.39, 0.29) is 6.29 Å². The minimum atomic E-state index is -0.171. The molecular weight excluding hydrogens is 332 g/mol. The van der Waals surface area contributed by atoms with Crippen LogP contribution < -0.4 is 0 Å². The van der Waals surface area contributed by atoms with Crippen molar-refractivity contribution >= 4 is 0 Å². The third kappa shape index (κ3) is 7.95. The van der Waals surface area contributed by atoms with Gasteiger partial charge in [0.15, 0.2) is 6.29 Å². The van der Waals surface area contributed by atoms with Crippen molar-refractivity contribution in [1.29, 1.82) is 0 Å². The fourth-order valence-corrected chi connectivity index (χ4v) is 4.14. The van der Waals surface area contributed by atoms with Gasteiger partial charge in [-0.05, 0) is 30.7 Å². The lowest BCUT2D eigenvalue weighted by Crippen LogP contribution is -2.27. The van der Waals surface area contributed by atoms with Gasteiger partial charge in [-0.1, -0.05) is 96.4 Å². The highest BCUT2D eigenvalue weighted by Crippen LogP contribution is 2.31. The number of ether oxygens (including phenoxy) is 2. The Kier molecular flexibility index (Phi) is 11.1. The highest BCUT2D eigenvalue weighted by Gasteiger charge is 2.23. The predicted octanol–water partition coefficient (Wildman–Crippen LogP) is 7.78. The zero-order valence-corrected chi connectivity index (χ0v) is 18.1. The SMILES string of the molecule is CCCCCCCC1COC(c2ccc(C(CCC)CCCC)cc2)OC1. The first-order valence-corrected chi connectivity index (χ1v) is 11.6. The molecule has 0 spiro atoms. The van der Waals surface area contributed by atoms with Gasteiger partial charge in [-0.3, -0.25) is 0 Å². The Morgan fingerprint density at radius 1 is 0.778 bits per heavy atom. The molecule has 0 radical (unpaired) electrons. The van der Waals surface area contributed by atoms with Crippen molar-refractivity contribution in [3.8, 4) is 0 Å². The first-order valence-electron chi connectivity index (χ1n) is 11.6. The molecule has 27 heavy (non-hydrogen) atoms. The number of hydrogen-bond donors (Lipinski definition) is 0. The third-order valence-corrected chi connectivity index (χ3v) is 5.91. The van der Waals surface area contributed by atoms with E-state index < -0.39 is 0 Å². The first kappa shape index (κ1) is 22.4. The minimum Gasteiger partial charge on any atom is -0.348 e. The molecule has 0 aromatic heterocycles. The maximum absolute atomic E-state index is 6.05. The van der Waals surface area contributed by atoms with Gasteiger partial charge in [-0.25, -0.2) is 0 Å². The van der Waals surface area contributed by atoms with Crippen molar-refractivity contribution < 1.29 is 9.47 Å². The second-order valence-corrected chi connectivity index (χ2v) is 8.36. The van der Waals surface area contributed by atoms with E-state index in [9.17, 15) is 0 Å². The Labute approximate surface area is 168 Å². The van der Waals surface area contributed by atoms with Crippen LogP contribution in [0.15, 0.2) is 24.3 Å². The summed E-state index contributed by atoms with van der Waals surface area (Å²) in [5.41, 5.74) is 2.65. The monoisotopic (exact) mass is 374 g/mol. The summed E-state index contributed by atoms with van der Waals surface area (Å²) in [4.78, 5) is 0. The molecule has 1 unspecified atom stereocenters. The first-order chi connectivity index (χ1) is 13.3. The molecule has 1 aromatic rings. The van der Waals surface area contributed by atoms with Crippen molar-refractivity contribution in [2.75, 3.05) is 13.2 Å². The van der Waals surface area contributed by atoms with Gasteiger partial charge in [0, 0.05) is 11.5 Å². The van der Waals surface area contributed by atoms with Crippen LogP contribution >= 0.6 is 0 Å². The molecular formula is C25H42O2. The summed E-state index contributed by atoms with van der Waals surface area (Å²) in [5.74, 6) is 1.28. The fourth-order valence-electron chi connectivity index (χ4n) is 4.14. The zero-order chi connectivity index (χ0) is 19.3. The normalized spacial score (nSPS) is 21.3. The Morgan fingerprint density at radius 2 is 1.44 bits per heavy atom. The molecule has 1 atom stereocenters. The summed E-state index contributed by atoms with van der Waals surface area (Å²) in [5, 5.41) is 0. The number of hydrogen-bond acceptors (Lipinski definition) is 2. The summed E-state index contributed by atoms with van der Waals surface area (Å²) < 4.78 is 12.1. The molecule has 2 nitrogen and oxygen atoms in total. The molecule has 2 rings (SSSR count). The third-order valence-electron chi connectivity index (χ3n) is 5.91. The second-order valence-electron chi connectivity index (χ2n) is 8.36. The molecule has 2 heteroatoms. The van der Waals surface area contributed by atoms with E-state index in [0.29, 0.717) is 11.8 Å². The van der Waals surface area contributed by atoms with Crippen LogP contribution in [-0.2, 0) is 9.47 Å². The molecule has 1 saturated heterocycles. The van der Waals surface area contributed by atoms with Crippen molar-refractivity contribution in [1.82, 2.24) is 0 Å². The van der Waals surface area contributed by atoms with Gasteiger partial charge < -0.3 is 9.47 Å². The smallest absolute Gasteiger partial charge is 0.183 e. The maximum Gasteiger partial charge on any atom is 0.183 e. The molecule has 154 valence electrons. The molecule has 1 aliphatic heterocycles. The Balaban J connectivity index is 1.77. The van der Waals surface area contributed by atoms with E-state index in [1.807, 2.05) is 0 Å². The van der Waals surface area contributed by atoms with Gasteiger partial charge in [0.05, 0.1) is 13.2 Å². The van der Waals surface area contributed by atoms with Crippen molar-refractivity contribution in [3.63, 3.8) is 0 Å². The lowest BCUT2D eigenvalue weighted by Gasteiger charge is -2.30. The molecule has 0 aliphatic carbocycles. The van der Waals surface area contributed by atoms with Gasteiger partial charge in [-0.15, -0.1) is 0 Å². The van der Waals surface area contributed by atoms with Gasteiger partial charge in [-0.2, -0.15) is 0 Å². The lowest BCUT2D eigenvalue weighted by molar-refractivity contribution is -0.206. The molecule has 1 aliphatic rings. The van der Waals surface area contributed by atoms with Crippen LogP contribution in [-0.4, -0.2) is 13.2 Å². The van der Waals surface area contributed by atoms with E-state index in [1.54, 1.807) is 0 Å².